The van der Waals surface area contributed by atoms with Crippen LogP contribution in [0.5, 0.6) is 0 Å². The molecule has 0 bridgehead atoms. The first-order chi connectivity index (χ1) is 9.84. The van der Waals surface area contributed by atoms with Gasteiger partial charge in [-0.25, -0.2) is 12.8 Å². The van der Waals surface area contributed by atoms with Crippen LogP contribution in [0.4, 0.5) is 4.39 Å². The molecule has 0 N–H and O–H groups in total. The lowest BCUT2D eigenvalue weighted by Gasteiger charge is -2.36. The Balaban J connectivity index is 2.20. The first kappa shape index (κ1) is 16.2. The minimum atomic E-state index is -3.24. The summed E-state index contributed by atoms with van der Waals surface area (Å²) in [4.78, 5) is 1.74. The Kier molecular flexibility index (Phi) is 4.84. The van der Waals surface area contributed by atoms with Crippen molar-refractivity contribution in [2.45, 2.75) is 6.04 Å². The molecule has 0 spiro atoms. The highest BCUT2D eigenvalue weighted by molar-refractivity contribution is 7.88. The molecule has 5 nitrogen and oxygen atoms in total. The molecule has 0 amide bonds. The Morgan fingerprint density at radius 1 is 1.33 bits per heavy atom. The molecule has 0 aromatic heterocycles. The molecular formula is C13H15ClFN3O2S. The minimum Gasteiger partial charge on any atom is -0.282 e. The number of hydrogen-bond acceptors (Lipinski definition) is 4. The van der Waals surface area contributed by atoms with Crippen molar-refractivity contribution in [2.75, 3.05) is 32.4 Å². The van der Waals surface area contributed by atoms with Crippen LogP contribution in [0.1, 0.15) is 11.6 Å². The van der Waals surface area contributed by atoms with Crippen LogP contribution in [0.3, 0.4) is 0 Å². The average Bonchev–Trinajstić information content (AvgIpc) is 2.42. The van der Waals surface area contributed by atoms with E-state index < -0.39 is 21.9 Å². The quantitative estimate of drug-likeness (QED) is 0.844. The fourth-order valence-corrected chi connectivity index (χ4v) is 3.49. The van der Waals surface area contributed by atoms with Crippen LogP contribution in [-0.2, 0) is 10.0 Å². The van der Waals surface area contributed by atoms with Gasteiger partial charge in [-0.15, -0.1) is 0 Å². The summed E-state index contributed by atoms with van der Waals surface area (Å²) in [6.07, 6.45) is 1.15. The summed E-state index contributed by atoms with van der Waals surface area (Å²) in [6.45, 7) is 1.28. The number of benzene rings is 1. The lowest BCUT2D eigenvalue weighted by Crippen LogP contribution is -2.49. The van der Waals surface area contributed by atoms with Crippen molar-refractivity contribution in [2.24, 2.45) is 0 Å². The fraction of sp³-hybridized carbons (Fsp3) is 0.462. The zero-order valence-corrected chi connectivity index (χ0v) is 13.0. The molecule has 1 aliphatic rings. The van der Waals surface area contributed by atoms with E-state index in [4.69, 9.17) is 11.6 Å². The Morgan fingerprint density at radius 2 is 1.95 bits per heavy atom. The minimum absolute atomic E-state index is 0.148. The zero-order valence-electron chi connectivity index (χ0n) is 11.5. The lowest BCUT2D eigenvalue weighted by molar-refractivity contribution is 0.161. The third-order valence-corrected chi connectivity index (χ3v) is 5.14. The fourth-order valence-electron chi connectivity index (χ4n) is 2.39. The summed E-state index contributed by atoms with van der Waals surface area (Å²) < 4.78 is 38.2. The van der Waals surface area contributed by atoms with Crippen molar-refractivity contribution in [3.8, 4) is 6.07 Å². The van der Waals surface area contributed by atoms with Crippen LogP contribution in [0.2, 0.25) is 5.02 Å². The third kappa shape index (κ3) is 3.52. The number of nitriles is 1. The zero-order chi connectivity index (χ0) is 15.6. The van der Waals surface area contributed by atoms with E-state index in [1.165, 1.54) is 22.5 Å². The summed E-state index contributed by atoms with van der Waals surface area (Å²) in [7, 11) is -3.24. The normalized spacial score (nSPS) is 19.1. The molecule has 114 valence electrons. The van der Waals surface area contributed by atoms with Gasteiger partial charge in [0.1, 0.15) is 11.9 Å². The van der Waals surface area contributed by atoms with Crippen molar-refractivity contribution in [1.29, 1.82) is 5.26 Å². The van der Waals surface area contributed by atoms with Crippen LogP contribution in [0.25, 0.3) is 0 Å². The van der Waals surface area contributed by atoms with Crippen molar-refractivity contribution in [3.05, 3.63) is 34.6 Å². The molecule has 1 aliphatic heterocycles. The Labute approximate surface area is 128 Å². The highest BCUT2D eigenvalue weighted by Crippen LogP contribution is 2.30. The number of hydrogen-bond donors (Lipinski definition) is 0. The van der Waals surface area contributed by atoms with Gasteiger partial charge in [-0.05, 0) is 12.1 Å². The molecular weight excluding hydrogens is 317 g/mol. The molecule has 2 rings (SSSR count). The molecule has 1 saturated heterocycles. The topological polar surface area (TPSA) is 64.4 Å². The van der Waals surface area contributed by atoms with Gasteiger partial charge in [0, 0.05) is 36.8 Å². The molecule has 1 atom stereocenters. The lowest BCUT2D eigenvalue weighted by atomic mass is 10.0. The van der Waals surface area contributed by atoms with E-state index in [0.717, 1.165) is 6.26 Å². The van der Waals surface area contributed by atoms with E-state index in [2.05, 4.69) is 6.07 Å². The molecule has 1 aromatic carbocycles. The van der Waals surface area contributed by atoms with Crippen LogP contribution in [0, 0.1) is 17.1 Å². The smallest absolute Gasteiger partial charge is 0.211 e. The van der Waals surface area contributed by atoms with Crippen LogP contribution in [0.15, 0.2) is 18.2 Å². The largest absolute Gasteiger partial charge is 0.282 e. The van der Waals surface area contributed by atoms with Crippen LogP contribution < -0.4 is 0 Å². The molecule has 8 heteroatoms. The van der Waals surface area contributed by atoms with E-state index in [1.807, 2.05) is 0 Å². The first-order valence-corrected chi connectivity index (χ1v) is 8.60. The number of halogens is 2. The molecule has 0 unspecified atom stereocenters. The first-order valence-electron chi connectivity index (χ1n) is 6.37. The Bertz CT molecular complexity index is 646. The number of nitrogens with zero attached hydrogens (tertiary/aromatic N) is 3. The molecule has 21 heavy (non-hydrogen) atoms. The maximum absolute atomic E-state index is 13.9. The SMILES string of the molecule is CS(=O)(=O)N1CCN([C@@H](C#N)c2c(F)cccc2Cl)CC1. The van der Waals surface area contributed by atoms with Gasteiger partial charge < -0.3 is 0 Å². The molecule has 1 fully saturated rings. The predicted molar refractivity (Wildman–Crippen MR) is 77.8 cm³/mol. The summed E-state index contributed by atoms with van der Waals surface area (Å²) in [5.74, 6) is -0.528. The molecule has 1 aromatic rings. The summed E-state index contributed by atoms with van der Waals surface area (Å²) in [5, 5.41) is 9.56. The van der Waals surface area contributed by atoms with Gasteiger partial charge in [0.05, 0.1) is 12.3 Å². The summed E-state index contributed by atoms with van der Waals surface area (Å²) in [6, 6.07) is 5.52. The van der Waals surface area contributed by atoms with Crippen molar-refractivity contribution in [1.82, 2.24) is 9.21 Å². The monoisotopic (exact) mass is 331 g/mol. The highest BCUT2D eigenvalue weighted by Gasteiger charge is 2.30. The summed E-state index contributed by atoms with van der Waals surface area (Å²) >= 11 is 6.00. The van der Waals surface area contributed by atoms with E-state index >= 15 is 0 Å². The van der Waals surface area contributed by atoms with Gasteiger partial charge in [-0.3, -0.25) is 4.90 Å². The van der Waals surface area contributed by atoms with Gasteiger partial charge >= 0.3 is 0 Å². The van der Waals surface area contributed by atoms with Gasteiger partial charge in [0.25, 0.3) is 0 Å². The van der Waals surface area contributed by atoms with Gasteiger partial charge in [-0.2, -0.15) is 9.57 Å². The average molecular weight is 332 g/mol. The molecule has 1 heterocycles. The van der Waals surface area contributed by atoms with E-state index in [-0.39, 0.29) is 23.7 Å². The van der Waals surface area contributed by atoms with Crippen molar-refractivity contribution in [3.63, 3.8) is 0 Å². The predicted octanol–water partition coefficient (Wildman–Crippen LogP) is 1.62. The summed E-state index contributed by atoms with van der Waals surface area (Å²) in [5.41, 5.74) is 0.148. The Morgan fingerprint density at radius 3 is 2.43 bits per heavy atom. The van der Waals surface area contributed by atoms with E-state index in [0.29, 0.717) is 13.1 Å². The van der Waals surface area contributed by atoms with Crippen LogP contribution >= 0.6 is 11.6 Å². The second-order valence-electron chi connectivity index (χ2n) is 4.86. The molecule has 0 radical (unpaired) electrons. The third-order valence-electron chi connectivity index (χ3n) is 3.50. The van der Waals surface area contributed by atoms with Gasteiger partial charge in [0.2, 0.25) is 10.0 Å². The van der Waals surface area contributed by atoms with Gasteiger partial charge in [0.15, 0.2) is 0 Å². The van der Waals surface area contributed by atoms with E-state index in [1.54, 1.807) is 4.90 Å². The van der Waals surface area contributed by atoms with Crippen LogP contribution in [-0.4, -0.2) is 50.1 Å². The van der Waals surface area contributed by atoms with Gasteiger partial charge in [-0.1, -0.05) is 17.7 Å². The second-order valence-corrected chi connectivity index (χ2v) is 7.25. The second kappa shape index (κ2) is 6.28. The Hall–Kier alpha value is -1.20. The standard InChI is InChI=1S/C13H15ClFN3O2S/c1-21(19,20)18-7-5-17(6-8-18)12(9-16)13-10(14)3-2-4-11(13)15/h2-4,12H,5-8H2,1H3/t12-/m0/s1. The van der Waals surface area contributed by atoms with Crippen molar-refractivity contribution >= 4 is 21.6 Å². The van der Waals surface area contributed by atoms with E-state index in [9.17, 15) is 18.1 Å². The maximum Gasteiger partial charge on any atom is 0.211 e. The number of rotatable bonds is 3. The molecule has 0 saturated carbocycles. The maximum atomic E-state index is 13.9. The number of piperazine rings is 1. The number of sulfonamides is 1. The van der Waals surface area contributed by atoms with Crippen molar-refractivity contribution < 1.29 is 12.8 Å². The molecule has 0 aliphatic carbocycles. The highest BCUT2D eigenvalue weighted by atomic mass is 35.5.